The number of aromatic hydroxyl groups is 1. The Bertz CT molecular complexity index is 398. The molecule has 86 valence electrons. The first kappa shape index (κ1) is 12.3. The van der Waals surface area contributed by atoms with E-state index in [4.69, 9.17) is 11.0 Å². The van der Waals surface area contributed by atoms with Crippen LogP contribution in [0.3, 0.4) is 0 Å². The lowest BCUT2D eigenvalue weighted by Gasteiger charge is -2.23. The molecule has 0 amide bonds. The number of nitrogen functional groups attached to an aromatic ring is 1. The molecule has 0 spiro atoms. The van der Waals surface area contributed by atoms with Gasteiger partial charge in [-0.2, -0.15) is 5.26 Å². The van der Waals surface area contributed by atoms with Gasteiger partial charge < -0.3 is 10.8 Å². The quantitative estimate of drug-likeness (QED) is 0.597. The van der Waals surface area contributed by atoms with Gasteiger partial charge >= 0.3 is 0 Å². The van der Waals surface area contributed by atoms with Gasteiger partial charge in [-0.1, -0.05) is 0 Å². The van der Waals surface area contributed by atoms with E-state index in [0.717, 1.165) is 5.56 Å². The Morgan fingerprint density at radius 3 is 2.88 bits per heavy atom. The minimum Gasteiger partial charge on any atom is -0.508 e. The molecule has 0 heterocycles. The highest BCUT2D eigenvalue weighted by atomic mass is 16.3. The number of nitrogens with zero attached hydrogens (tertiary/aromatic N) is 2. The van der Waals surface area contributed by atoms with Gasteiger partial charge in [-0.3, -0.25) is 4.90 Å². The van der Waals surface area contributed by atoms with E-state index in [2.05, 4.69) is 6.07 Å². The van der Waals surface area contributed by atoms with Crippen LogP contribution in [-0.2, 0) is 6.54 Å². The third kappa shape index (κ3) is 3.14. The molecule has 1 atom stereocenters. The molecule has 0 aromatic heterocycles. The highest BCUT2D eigenvalue weighted by Crippen LogP contribution is 2.21. The van der Waals surface area contributed by atoms with Crippen molar-refractivity contribution < 1.29 is 5.11 Å². The summed E-state index contributed by atoms with van der Waals surface area (Å²) in [5.41, 5.74) is 7.07. The minimum atomic E-state index is 0.158. The standard InChI is InChI=1S/C12H17N3O/c1-9(5-6-13)15(2)8-10-7-11(14)3-4-12(10)16/h3-4,7,9,16H,5,8,14H2,1-2H3. The van der Waals surface area contributed by atoms with Crippen LogP contribution >= 0.6 is 0 Å². The van der Waals surface area contributed by atoms with Crippen molar-refractivity contribution in [3.63, 3.8) is 0 Å². The topological polar surface area (TPSA) is 73.3 Å². The fourth-order valence-electron chi connectivity index (χ4n) is 1.44. The Balaban J connectivity index is 2.73. The fourth-order valence-corrected chi connectivity index (χ4v) is 1.44. The highest BCUT2D eigenvalue weighted by Gasteiger charge is 2.11. The van der Waals surface area contributed by atoms with E-state index in [-0.39, 0.29) is 11.8 Å². The molecule has 1 aromatic carbocycles. The van der Waals surface area contributed by atoms with Gasteiger partial charge in [0.1, 0.15) is 5.75 Å². The van der Waals surface area contributed by atoms with Crippen LogP contribution in [0.25, 0.3) is 0 Å². The SMILES string of the molecule is CC(CC#N)N(C)Cc1cc(N)ccc1O. The third-order valence-electron chi connectivity index (χ3n) is 2.66. The van der Waals surface area contributed by atoms with Crippen molar-refractivity contribution in [1.29, 1.82) is 5.26 Å². The van der Waals surface area contributed by atoms with Gasteiger partial charge in [-0.25, -0.2) is 0 Å². The van der Waals surface area contributed by atoms with Crippen LogP contribution < -0.4 is 5.73 Å². The fraction of sp³-hybridized carbons (Fsp3) is 0.417. The van der Waals surface area contributed by atoms with Crippen LogP contribution in [0.1, 0.15) is 18.9 Å². The maximum atomic E-state index is 9.65. The molecule has 1 rings (SSSR count). The first-order valence-electron chi connectivity index (χ1n) is 5.19. The van der Waals surface area contributed by atoms with E-state index >= 15 is 0 Å². The minimum absolute atomic E-state index is 0.158. The number of hydrogen-bond acceptors (Lipinski definition) is 4. The third-order valence-corrected chi connectivity index (χ3v) is 2.66. The van der Waals surface area contributed by atoms with Gasteiger partial charge in [0, 0.05) is 23.8 Å². The van der Waals surface area contributed by atoms with Crippen molar-refractivity contribution >= 4 is 5.69 Å². The van der Waals surface area contributed by atoms with Crippen LogP contribution in [0.15, 0.2) is 18.2 Å². The second-order valence-electron chi connectivity index (χ2n) is 4.01. The lowest BCUT2D eigenvalue weighted by atomic mass is 10.1. The van der Waals surface area contributed by atoms with E-state index in [9.17, 15) is 5.11 Å². The zero-order chi connectivity index (χ0) is 12.1. The number of benzene rings is 1. The van der Waals surface area contributed by atoms with Gasteiger partial charge in [-0.15, -0.1) is 0 Å². The maximum Gasteiger partial charge on any atom is 0.120 e. The molecule has 0 saturated carbocycles. The van der Waals surface area contributed by atoms with E-state index in [1.54, 1.807) is 18.2 Å². The molecule has 0 fully saturated rings. The maximum absolute atomic E-state index is 9.65. The zero-order valence-corrected chi connectivity index (χ0v) is 9.64. The van der Waals surface area contributed by atoms with Crippen molar-refractivity contribution in [3.05, 3.63) is 23.8 Å². The average molecular weight is 219 g/mol. The van der Waals surface area contributed by atoms with E-state index in [1.807, 2.05) is 18.9 Å². The summed E-state index contributed by atoms with van der Waals surface area (Å²) in [6.07, 6.45) is 0.472. The number of nitrogens with two attached hydrogens (primary N) is 1. The molecule has 1 unspecified atom stereocenters. The molecule has 3 N–H and O–H groups in total. The molecular weight excluding hydrogens is 202 g/mol. The summed E-state index contributed by atoms with van der Waals surface area (Å²) in [5.74, 6) is 0.241. The molecule has 1 aromatic rings. The second-order valence-corrected chi connectivity index (χ2v) is 4.01. The Morgan fingerprint density at radius 1 is 1.56 bits per heavy atom. The molecule has 0 aliphatic rings. The lowest BCUT2D eigenvalue weighted by Crippen LogP contribution is -2.28. The van der Waals surface area contributed by atoms with Crippen molar-refractivity contribution in [1.82, 2.24) is 4.90 Å². The first-order chi connectivity index (χ1) is 7.54. The predicted molar refractivity (Wildman–Crippen MR) is 63.7 cm³/mol. The van der Waals surface area contributed by atoms with Crippen molar-refractivity contribution in [2.24, 2.45) is 0 Å². The summed E-state index contributed by atoms with van der Waals surface area (Å²) in [4.78, 5) is 2.01. The molecule has 0 saturated heterocycles. The summed E-state index contributed by atoms with van der Waals surface area (Å²) in [7, 11) is 1.92. The number of nitriles is 1. The lowest BCUT2D eigenvalue weighted by molar-refractivity contribution is 0.249. The normalized spacial score (nSPS) is 12.4. The number of anilines is 1. The number of hydrogen-bond donors (Lipinski definition) is 2. The van der Waals surface area contributed by atoms with Crippen molar-refractivity contribution in [2.45, 2.75) is 25.9 Å². The number of phenols is 1. The molecule has 0 aliphatic heterocycles. The van der Waals surface area contributed by atoms with Crippen LogP contribution in [0.4, 0.5) is 5.69 Å². The Labute approximate surface area is 95.9 Å². The van der Waals surface area contributed by atoms with Gasteiger partial charge in [0.15, 0.2) is 0 Å². The summed E-state index contributed by atoms with van der Waals surface area (Å²) >= 11 is 0. The summed E-state index contributed by atoms with van der Waals surface area (Å²) in [5, 5.41) is 18.3. The summed E-state index contributed by atoms with van der Waals surface area (Å²) < 4.78 is 0. The number of phenolic OH excluding ortho intramolecular Hbond substituents is 1. The van der Waals surface area contributed by atoms with Crippen molar-refractivity contribution in [3.8, 4) is 11.8 Å². The smallest absolute Gasteiger partial charge is 0.120 e. The first-order valence-corrected chi connectivity index (χ1v) is 5.19. The van der Waals surface area contributed by atoms with Gasteiger partial charge in [-0.05, 0) is 32.2 Å². The molecule has 16 heavy (non-hydrogen) atoms. The summed E-state index contributed by atoms with van der Waals surface area (Å²) in [6, 6.07) is 7.30. The van der Waals surface area contributed by atoms with Crippen molar-refractivity contribution in [2.75, 3.05) is 12.8 Å². The monoisotopic (exact) mass is 219 g/mol. The molecule has 4 nitrogen and oxygen atoms in total. The highest BCUT2D eigenvalue weighted by molar-refractivity contribution is 5.47. The van der Waals surface area contributed by atoms with Gasteiger partial charge in [0.05, 0.1) is 12.5 Å². The van der Waals surface area contributed by atoms with Gasteiger partial charge in [0.25, 0.3) is 0 Å². The Kier molecular flexibility index (Phi) is 4.15. The van der Waals surface area contributed by atoms with E-state index in [1.165, 1.54) is 0 Å². The molecular formula is C12H17N3O. The predicted octanol–water partition coefficient (Wildman–Crippen LogP) is 1.71. The van der Waals surface area contributed by atoms with E-state index < -0.39 is 0 Å². The largest absolute Gasteiger partial charge is 0.508 e. The average Bonchev–Trinajstić information content (AvgIpc) is 2.23. The molecule has 0 bridgehead atoms. The Hall–Kier alpha value is -1.73. The van der Waals surface area contributed by atoms with E-state index in [0.29, 0.717) is 18.7 Å². The van der Waals surface area contributed by atoms with Crippen LogP contribution in [-0.4, -0.2) is 23.1 Å². The molecule has 4 heteroatoms. The van der Waals surface area contributed by atoms with Crippen LogP contribution in [0, 0.1) is 11.3 Å². The Morgan fingerprint density at radius 2 is 2.25 bits per heavy atom. The molecule has 0 aliphatic carbocycles. The van der Waals surface area contributed by atoms with Crippen LogP contribution in [0.5, 0.6) is 5.75 Å². The zero-order valence-electron chi connectivity index (χ0n) is 9.64. The van der Waals surface area contributed by atoms with Gasteiger partial charge in [0.2, 0.25) is 0 Å². The molecule has 0 radical (unpaired) electrons. The summed E-state index contributed by atoms with van der Waals surface area (Å²) in [6.45, 7) is 2.56. The second kappa shape index (κ2) is 5.38. The number of rotatable bonds is 4. The van der Waals surface area contributed by atoms with Crippen LogP contribution in [0.2, 0.25) is 0 Å².